The molecule has 0 bridgehead atoms. The van der Waals surface area contributed by atoms with E-state index >= 15 is 0 Å². The van der Waals surface area contributed by atoms with Crippen LogP contribution in [0.25, 0.3) is 20.2 Å². The van der Waals surface area contributed by atoms with Crippen molar-refractivity contribution in [2.75, 3.05) is 19.0 Å². The van der Waals surface area contributed by atoms with Crippen molar-refractivity contribution in [3.8, 4) is 0 Å². The first-order valence-electron chi connectivity index (χ1n) is 6.22. The van der Waals surface area contributed by atoms with Crippen LogP contribution in [0, 0.1) is 6.92 Å². The molecular weight excluding hydrogens is 254 g/mol. The van der Waals surface area contributed by atoms with E-state index in [1.807, 2.05) is 49.3 Å². The van der Waals surface area contributed by atoms with Crippen LogP contribution in [0.15, 0.2) is 41.2 Å². The number of aryl methyl sites for hydroxylation is 1. The predicted molar refractivity (Wildman–Crippen MR) is 84.7 cm³/mol. The Bertz CT molecular complexity index is 833. The summed E-state index contributed by atoms with van der Waals surface area (Å²) in [5, 5.41) is 1.66. The number of nitrogens with zero attached hydrogens (tertiary/aromatic N) is 1. The molecule has 0 N–H and O–H groups in total. The summed E-state index contributed by atoms with van der Waals surface area (Å²) < 4.78 is 2.15. The number of benzene rings is 2. The lowest BCUT2D eigenvalue weighted by atomic mass is 10.1. The maximum Gasteiger partial charge on any atom is 0.197 e. The fourth-order valence-corrected chi connectivity index (χ4v) is 3.55. The van der Waals surface area contributed by atoms with Crippen LogP contribution in [0.1, 0.15) is 5.56 Å². The van der Waals surface area contributed by atoms with E-state index < -0.39 is 0 Å². The summed E-state index contributed by atoms with van der Waals surface area (Å²) in [6, 6.07) is 11.9. The maximum absolute atomic E-state index is 12.7. The Labute approximate surface area is 115 Å². The Morgan fingerprint density at radius 3 is 2.53 bits per heavy atom. The summed E-state index contributed by atoms with van der Waals surface area (Å²) in [7, 11) is 3.95. The quantitative estimate of drug-likeness (QED) is 0.626. The zero-order valence-corrected chi connectivity index (χ0v) is 12.0. The number of anilines is 1. The van der Waals surface area contributed by atoms with Gasteiger partial charge in [-0.2, -0.15) is 0 Å². The van der Waals surface area contributed by atoms with Crippen LogP contribution in [0.3, 0.4) is 0 Å². The van der Waals surface area contributed by atoms with E-state index in [0.29, 0.717) is 0 Å². The van der Waals surface area contributed by atoms with Crippen LogP contribution in [-0.2, 0) is 0 Å². The molecule has 1 aromatic heterocycles. The molecule has 19 heavy (non-hydrogen) atoms. The van der Waals surface area contributed by atoms with Crippen molar-refractivity contribution in [1.29, 1.82) is 0 Å². The molecule has 0 unspecified atom stereocenters. The summed E-state index contributed by atoms with van der Waals surface area (Å²) in [6.07, 6.45) is 0. The standard InChI is InChI=1S/C16H15NOS/c1-10-8-9-12(17(2)3)14-15(18)11-6-4-5-7-13(11)19-16(10)14/h4-9H,1-3H3. The van der Waals surface area contributed by atoms with Gasteiger partial charge in [-0.3, -0.25) is 4.79 Å². The normalized spacial score (nSPS) is 11.1. The van der Waals surface area contributed by atoms with Crippen LogP contribution in [0.4, 0.5) is 5.69 Å². The van der Waals surface area contributed by atoms with Gasteiger partial charge in [-0.25, -0.2) is 0 Å². The third kappa shape index (κ3) is 1.81. The summed E-state index contributed by atoms with van der Waals surface area (Å²) in [5.74, 6) is 0. The molecule has 0 saturated heterocycles. The van der Waals surface area contributed by atoms with E-state index in [9.17, 15) is 4.79 Å². The van der Waals surface area contributed by atoms with Crippen LogP contribution < -0.4 is 10.3 Å². The van der Waals surface area contributed by atoms with Crippen molar-refractivity contribution in [3.63, 3.8) is 0 Å². The fourth-order valence-electron chi connectivity index (χ4n) is 2.39. The van der Waals surface area contributed by atoms with Gasteiger partial charge >= 0.3 is 0 Å². The van der Waals surface area contributed by atoms with Crippen LogP contribution in [0.2, 0.25) is 0 Å². The van der Waals surface area contributed by atoms with Gasteiger partial charge in [-0.05, 0) is 30.7 Å². The minimum atomic E-state index is 0.136. The zero-order valence-electron chi connectivity index (χ0n) is 11.2. The molecule has 1 heterocycles. The number of hydrogen-bond donors (Lipinski definition) is 0. The molecule has 96 valence electrons. The lowest BCUT2D eigenvalue weighted by Crippen LogP contribution is -2.13. The average molecular weight is 269 g/mol. The van der Waals surface area contributed by atoms with E-state index in [2.05, 4.69) is 13.0 Å². The monoisotopic (exact) mass is 269 g/mol. The Morgan fingerprint density at radius 1 is 1.05 bits per heavy atom. The maximum atomic E-state index is 12.7. The minimum absolute atomic E-state index is 0.136. The molecule has 3 aromatic rings. The van der Waals surface area contributed by atoms with Gasteiger partial charge in [-0.1, -0.05) is 18.2 Å². The largest absolute Gasteiger partial charge is 0.377 e. The lowest BCUT2D eigenvalue weighted by Gasteiger charge is -2.16. The second-order valence-electron chi connectivity index (χ2n) is 4.93. The first-order valence-corrected chi connectivity index (χ1v) is 7.03. The van der Waals surface area contributed by atoms with Crippen molar-refractivity contribution in [2.45, 2.75) is 6.92 Å². The van der Waals surface area contributed by atoms with Crippen molar-refractivity contribution in [2.24, 2.45) is 0 Å². The van der Waals surface area contributed by atoms with Gasteiger partial charge in [0.05, 0.1) is 5.39 Å². The van der Waals surface area contributed by atoms with Crippen LogP contribution in [-0.4, -0.2) is 14.1 Å². The number of fused-ring (bicyclic) bond motifs is 2. The molecule has 0 fully saturated rings. The molecule has 0 aliphatic heterocycles. The first-order chi connectivity index (χ1) is 9.09. The van der Waals surface area contributed by atoms with Gasteiger partial charge in [0.1, 0.15) is 0 Å². The van der Waals surface area contributed by atoms with Crippen molar-refractivity contribution >= 4 is 37.2 Å². The fraction of sp³-hybridized carbons (Fsp3) is 0.188. The highest BCUT2D eigenvalue weighted by Crippen LogP contribution is 2.32. The Kier molecular flexibility index (Phi) is 2.79. The van der Waals surface area contributed by atoms with Gasteiger partial charge in [0.25, 0.3) is 0 Å². The molecule has 2 aromatic carbocycles. The molecule has 0 aliphatic rings. The van der Waals surface area contributed by atoms with Crippen LogP contribution in [0.5, 0.6) is 0 Å². The lowest BCUT2D eigenvalue weighted by molar-refractivity contribution is 1.14. The highest BCUT2D eigenvalue weighted by atomic mass is 32.1. The molecule has 3 rings (SSSR count). The topological polar surface area (TPSA) is 20.3 Å². The third-order valence-electron chi connectivity index (χ3n) is 3.39. The first kappa shape index (κ1) is 12.2. The highest BCUT2D eigenvalue weighted by Gasteiger charge is 2.12. The molecule has 3 heteroatoms. The Hall–Kier alpha value is -1.87. The van der Waals surface area contributed by atoms with E-state index in [1.54, 1.807) is 11.3 Å². The summed E-state index contributed by atoms with van der Waals surface area (Å²) in [5.41, 5.74) is 2.29. The Morgan fingerprint density at radius 2 is 1.79 bits per heavy atom. The van der Waals surface area contributed by atoms with Crippen molar-refractivity contribution in [3.05, 3.63) is 52.2 Å². The van der Waals surface area contributed by atoms with E-state index in [4.69, 9.17) is 0 Å². The molecule has 0 saturated carbocycles. The van der Waals surface area contributed by atoms with Crippen LogP contribution >= 0.6 is 11.3 Å². The molecule has 0 amide bonds. The van der Waals surface area contributed by atoms with Gasteiger partial charge in [-0.15, -0.1) is 11.3 Å². The SMILES string of the molecule is Cc1ccc(N(C)C)c2c(=O)c3ccccc3sc12. The molecule has 0 aliphatic carbocycles. The highest BCUT2D eigenvalue weighted by molar-refractivity contribution is 7.24. The molecule has 0 radical (unpaired) electrons. The van der Waals surface area contributed by atoms with Gasteiger partial charge in [0, 0.05) is 34.6 Å². The third-order valence-corrected chi connectivity index (χ3v) is 4.69. The van der Waals surface area contributed by atoms with Crippen molar-refractivity contribution < 1.29 is 0 Å². The minimum Gasteiger partial charge on any atom is -0.377 e. The van der Waals surface area contributed by atoms with Gasteiger partial charge in [0.15, 0.2) is 5.43 Å². The summed E-state index contributed by atoms with van der Waals surface area (Å²) in [4.78, 5) is 14.8. The van der Waals surface area contributed by atoms with E-state index in [1.165, 1.54) is 0 Å². The summed E-state index contributed by atoms with van der Waals surface area (Å²) >= 11 is 1.70. The average Bonchev–Trinajstić information content (AvgIpc) is 2.40. The molecule has 2 nitrogen and oxygen atoms in total. The van der Waals surface area contributed by atoms with Crippen molar-refractivity contribution in [1.82, 2.24) is 0 Å². The van der Waals surface area contributed by atoms with E-state index in [-0.39, 0.29) is 5.43 Å². The summed E-state index contributed by atoms with van der Waals surface area (Å²) in [6.45, 7) is 2.06. The number of hydrogen-bond acceptors (Lipinski definition) is 3. The van der Waals surface area contributed by atoms with Gasteiger partial charge < -0.3 is 4.90 Å². The Balaban J connectivity index is 2.61. The zero-order chi connectivity index (χ0) is 13.6. The molecule has 0 atom stereocenters. The second kappa shape index (κ2) is 4.35. The molecule has 0 spiro atoms. The second-order valence-corrected chi connectivity index (χ2v) is 5.98. The smallest absolute Gasteiger partial charge is 0.197 e. The van der Waals surface area contributed by atoms with E-state index in [0.717, 1.165) is 31.4 Å². The van der Waals surface area contributed by atoms with Gasteiger partial charge in [0.2, 0.25) is 0 Å². The molecular formula is C16H15NOS. The number of rotatable bonds is 1. The predicted octanol–water partition coefficient (Wildman–Crippen LogP) is 3.79.